The van der Waals surface area contributed by atoms with Gasteiger partial charge in [-0.1, -0.05) is 19.1 Å². The van der Waals surface area contributed by atoms with Gasteiger partial charge in [0.05, 0.1) is 6.61 Å². The van der Waals surface area contributed by atoms with Crippen molar-refractivity contribution in [3.05, 3.63) is 29.8 Å². The predicted molar refractivity (Wildman–Crippen MR) is 79.4 cm³/mol. The van der Waals surface area contributed by atoms with E-state index in [9.17, 15) is 0 Å². The van der Waals surface area contributed by atoms with Crippen LogP contribution in [-0.4, -0.2) is 31.1 Å². The van der Waals surface area contributed by atoms with E-state index in [1.165, 1.54) is 38.0 Å². The van der Waals surface area contributed by atoms with E-state index in [1.54, 1.807) is 0 Å². The van der Waals surface area contributed by atoms with Crippen LogP contribution in [0.1, 0.15) is 44.2 Å². The average molecular weight is 262 g/mol. The standard InChI is InChI=1S/C16H26N2O/c1-2-16(17)14-6-8-15(9-7-14)19-13-5-12-18-10-3-4-11-18/h6-9,16H,2-5,10-13,17H2,1H3. The summed E-state index contributed by atoms with van der Waals surface area (Å²) in [6.07, 6.45) is 4.80. The molecule has 0 saturated carbocycles. The van der Waals surface area contributed by atoms with Crippen molar-refractivity contribution >= 4 is 0 Å². The highest BCUT2D eigenvalue weighted by atomic mass is 16.5. The van der Waals surface area contributed by atoms with Gasteiger partial charge in [-0.05, 0) is 56.5 Å². The molecular weight excluding hydrogens is 236 g/mol. The van der Waals surface area contributed by atoms with Crippen LogP contribution in [-0.2, 0) is 0 Å². The molecule has 0 spiro atoms. The summed E-state index contributed by atoms with van der Waals surface area (Å²) in [6.45, 7) is 6.61. The van der Waals surface area contributed by atoms with Crippen molar-refractivity contribution in [2.45, 2.75) is 38.6 Å². The lowest BCUT2D eigenvalue weighted by atomic mass is 10.1. The Morgan fingerprint density at radius 3 is 2.53 bits per heavy atom. The first-order valence-corrected chi connectivity index (χ1v) is 7.50. The van der Waals surface area contributed by atoms with E-state index in [1.807, 2.05) is 12.1 Å². The summed E-state index contributed by atoms with van der Waals surface area (Å²) in [5.41, 5.74) is 7.18. The van der Waals surface area contributed by atoms with Gasteiger partial charge in [0.1, 0.15) is 5.75 Å². The maximum Gasteiger partial charge on any atom is 0.119 e. The van der Waals surface area contributed by atoms with Gasteiger partial charge in [0, 0.05) is 12.6 Å². The van der Waals surface area contributed by atoms with Crippen molar-refractivity contribution in [3.8, 4) is 5.75 Å². The molecule has 1 heterocycles. The molecule has 0 aromatic heterocycles. The van der Waals surface area contributed by atoms with Gasteiger partial charge in [-0.15, -0.1) is 0 Å². The lowest BCUT2D eigenvalue weighted by Gasteiger charge is -2.15. The molecule has 0 bridgehead atoms. The molecule has 1 aromatic rings. The van der Waals surface area contributed by atoms with E-state index < -0.39 is 0 Å². The van der Waals surface area contributed by atoms with Gasteiger partial charge in [0.15, 0.2) is 0 Å². The van der Waals surface area contributed by atoms with Crippen LogP contribution in [0.2, 0.25) is 0 Å². The Morgan fingerprint density at radius 2 is 1.89 bits per heavy atom. The number of rotatable bonds is 7. The highest BCUT2D eigenvalue weighted by molar-refractivity contribution is 5.28. The third-order valence-corrected chi connectivity index (χ3v) is 3.83. The molecule has 0 amide bonds. The van der Waals surface area contributed by atoms with E-state index in [0.29, 0.717) is 0 Å². The van der Waals surface area contributed by atoms with Crippen LogP contribution in [0.5, 0.6) is 5.75 Å². The summed E-state index contributed by atoms with van der Waals surface area (Å²) in [4.78, 5) is 2.52. The summed E-state index contributed by atoms with van der Waals surface area (Å²) in [5, 5.41) is 0. The Kier molecular flexibility index (Phi) is 5.67. The third kappa shape index (κ3) is 4.51. The molecule has 1 aliphatic rings. The normalized spacial score (nSPS) is 17.6. The molecule has 0 aliphatic carbocycles. The molecule has 1 aromatic carbocycles. The summed E-state index contributed by atoms with van der Waals surface area (Å²) in [7, 11) is 0. The van der Waals surface area contributed by atoms with Gasteiger partial charge in [-0.2, -0.15) is 0 Å². The Morgan fingerprint density at radius 1 is 1.21 bits per heavy atom. The summed E-state index contributed by atoms with van der Waals surface area (Å²) >= 11 is 0. The quantitative estimate of drug-likeness (QED) is 0.768. The molecule has 1 aliphatic heterocycles. The van der Waals surface area contributed by atoms with Crippen molar-refractivity contribution in [1.29, 1.82) is 0 Å². The average Bonchev–Trinajstić information content (AvgIpc) is 2.96. The van der Waals surface area contributed by atoms with Gasteiger partial charge in [0.25, 0.3) is 0 Å². The Balaban J connectivity index is 1.67. The highest BCUT2D eigenvalue weighted by Gasteiger charge is 2.10. The fraction of sp³-hybridized carbons (Fsp3) is 0.625. The molecule has 0 radical (unpaired) electrons. The van der Waals surface area contributed by atoms with Crippen molar-refractivity contribution in [1.82, 2.24) is 4.90 Å². The first-order chi connectivity index (χ1) is 9.29. The second-order valence-corrected chi connectivity index (χ2v) is 5.33. The lowest BCUT2D eigenvalue weighted by Crippen LogP contribution is -2.21. The Hall–Kier alpha value is -1.06. The number of nitrogens with zero attached hydrogens (tertiary/aromatic N) is 1. The van der Waals surface area contributed by atoms with Crippen LogP contribution in [0.3, 0.4) is 0 Å². The molecule has 1 atom stereocenters. The first kappa shape index (κ1) is 14.4. The monoisotopic (exact) mass is 262 g/mol. The zero-order valence-electron chi connectivity index (χ0n) is 12.0. The molecule has 3 nitrogen and oxygen atoms in total. The fourth-order valence-electron chi connectivity index (χ4n) is 2.53. The molecule has 1 fully saturated rings. The molecule has 1 unspecified atom stereocenters. The number of hydrogen-bond acceptors (Lipinski definition) is 3. The minimum Gasteiger partial charge on any atom is -0.494 e. The van der Waals surface area contributed by atoms with Gasteiger partial charge < -0.3 is 15.4 Å². The van der Waals surface area contributed by atoms with Crippen LogP contribution >= 0.6 is 0 Å². The molecule has 1 saturated heterocycles. The molecule has 19 heavy (non-hydrogen) atoms. The molecule has 3 heteroatoms. The lowest BCUT2D eigenvalue weighted by molar-refractivity contribution is 0.263. The third-order valence-electron chi connectivity index (χ3n) is 3.83. The van der Waals surface area contributed by atoms with Crippen LogP contribution in [0.4, 0.5) is 0 Å². The Labute approximate surface area is 116 Å². The number of hydrogen-bond donors (Lipinski definition) is 1. The summed E-state index contributed by atoms with van der Waals surface area (Å²) < 4.78 is 5.77. The zero-order valence-corrected chi connectivity index (χ0v) is 12.0. The van der Waals surface area contributed by atoms with Gasteiger partial charge in [0.2, 0.25) is 0 Å². The van der Waals surface area contributed by atoms with Gasteiger partial charge >= 0.3 is 0 Å². The topological polar surface area (TPSA) is 38.5 Å². The van der Waals surface area contributed by atoms with Gasteiger partial charge in [-0.25, -0.2) is 0 Å². The maximum atomic E-state index is 5.99. The maximum absolute atomic E-state index is 5.99. The van der Waals surface area contributed by atoms with Crippen molar-refractivity contribution < 1.29 is 4.74 Å². The minimum absolute atomic E-state index is 0.143. The van der Waals surface area contributed by atoms with Crippen LogP contribution in [0.25, 0.3) is 0 Å². The number of likely N-dealkylation sites (tertiary alicyclic amines) is 1. The molecular formula is C16H26N2O. The largest absolute Gasteiger partial charge is 0.494 e. The smallest absolute Gasteiger partial charge is 0.119 e. The summed E-state index contributed by atoms with van der Waals surface area (Å²) in [6, 6.07) is 8.35. The van der Waals surface area contributed by atoms with E-state index in [-0.39, 0.29) is 6.04 Å². The zero-order chi connectivity index (χ0) is 13.5. The van der Waals surface area contributed by atoms with E-state index >= 15 is 0 Å². The highest BCUT2D eigenvalue weighted by Crippen LogP contribution is 2.18. The molecule has 2 N–H and O–H groups in total. The van der Waals surface area contributed by atoms with Crippen LogP contribution in [0.15, 0.2) is 24.3 Å². The molecule has 2 rings (SSSR count). The second-order valence-electron chi connectivity index (χ2n) is 5.33. The van der Waals surface area contributed by atoms with Crippen molar-refractivity contribution in [2.24, 2.45) is 5.73 Å². The number of ether oxygens (including phenoxy) is 1. The number of nitrogens with two attached hydrogens (primary N) is 1. The minimum atomic E-state index is 0.143. The Bertz CT molecular complexity index is 358. The second kappa shape index (κ2) is 7.51. The number of benzene rings is 1. The SMILES string of the molecule is CCC(N)c1ccc(OCCCN2CCCC2)cc1. The van der Waals surface area contributed by atoms with E-state index in [4.69, 9.17) is 10.5 Å². The van der Waals surface area contributed by atoms with Crippen LogP contribution in [0, 0.1) is 0 Å². The van der Waals surface area contributed by atoms with Gasteiger partial charge in [-0.3, -0.25) is 0 Å². The van der Waals surface area contributed by atoms with E-state index in [0.717, 1.165) is 25.2 Å². The van der Waals surface area contributed by atoms with Crippen LogP contribution < -0.4 is 10.5 Å². The predicted octanol–water partition coefficient (Wildman–Crippen LogP) is 2.96. The fourth-order valence-corrected chi connectivity index (χ4v) is 2.53. The van der Waals surface area contributed by atoms with Crippen molar-refractivity contribution in [2.75, 3.05) is 26.2 Å². The molecule has 106 valence electrons. The summed E-state index contributed by atoms with van der Waals surface area (Å²) in [5.74, 6) is 0.952. The van der Waals surface area contributed by atoms with Crippen molar-refractivity contribution in [3.63, 3.8) is 0 Å². The van der Waals surface area contributed by atoms with E-state index in [2.05, 4.69) is 24.0 Å². The first-order valence-electron chi connectivity index (χ1n) is 7.50.